The quantitative estimate of drug-likeness (QED) is 0.658. The SMILES string of the molecule is CCCN(C(c1ccc(F)cc1)c1cc(C2CC2)on1)[C@@H](C)CC. The third kappa shape index (κ3) is 3.69. The molecule has 1 aliphatic carbocycles. The van der Waals surface area contributed by atoms with Gasteiger partial charge < -0.3 is 4.52 Å². The smallest absolute Gasteiger partial charge is 0.140 e. The summed E-state index contributed by atoms with van der Waals surface area (Å²) in [4.78, 5) is 2.46. The number of nitrogens with zero attached hydrogens (tertiary/aromatic N) is 2. The highest BCUT2D eigenvalue weighted by Crippen LogP contribution is 2.42. The van der Waals surface area contributed by atoms with Gasteiger partial charge in [0, 0.05) is 18.0 Å². The van der Waals surface area contributed by atoms with Gasteiger partial charge >= 0.3 is 0 Å². The summed E-state index contributed by atoms with van der Waals surface area (Å²) in [5.74, 6) is 1.34. The Labute approximate surface area is 143 Å². The van der Waals surface area contributed by atoms with E-state index in [2.05, 4.69) is 36.9 Å². The predicted octanol–water partition coefficient (Wildman–Crippen LogP) is 5.29. The van der Waals surface area contributed by atoms with Gasteiger partial charge in [-0.15, -0.1) is 0 Å². The van der Waals surface area contributed by atoms with Gasteiger partial charge in [-0.05, 0) is 56.8 Å². The highest BCUT2D eigenvalue weighted by Gasteiger charge is 2.32. The van der Waals surface area contributed by atoms with Crippen molar-refractivity contribution in [3.63, 3.8) is 0 Å². The summed E-state index contributed by atoms with van der Waals surface area (Å²) in [7, 11) is 0. The lowest BCUT2D eigenvalue weighted by molar-refractivity contribution is 0.156. The lowest BCUT2D eigenvalue weighted by atomic mass is 9.98. The van der Waals surface area contributed by atoms with Gasteiger partial charge in [0.05, 0.1) is 6.04 Å². The van der Waals surface area contributed by atoms with Gasteiger partial charge in [-0.3, -0.25) is 4.90 Å². The zero-order valence-corrected chi connectivity index (χ0v) is 14.8. The summed E-state index contributed by atoms with van der Waals surface area (Å²) in [5.41, 5.74) is 2.01. The van der Waals surface area contributed by atoms with Crippen molar-refractivity contribution in [2.24, 2.45) is 0 Å². The largest absolute Gasteiger partial charge is 0.361 e. The molecule has 1 fully saturated rings. The molecule has 1 unspecified atom stereocenters. The predicted molar refractivity (Wildman–Crippen MR) is 93.5 cm³/mol. The molecule has 0 radical (unpaired) electrons. The number of rotatable bonds is 8. The molecule has 1 aromatic carbocycles. The molecule has 0 aliphatic heterocycles. The molecule has 0 spiro atoms. The second-order valence-corrected chi connectivity index (χ2v) is 6.88. The van der Waals surface area contributed by atoms with E-state index in [0.29, 0.717) is 12.0 Å². The van der Waals surface area contributed by atoms with Crippen LogP contribution in [-0.4, -0.2) is 22.6 Å². The summed E-state index contributed by atoms with van der Waals surface area (Å²) in [5, 5.41) is 4.39. The van der Waals surface area contributed by atoms with E-state index in [4.69, 9.17) is 4.52 Å². The van der Waals surface area contributed by atoms with Crippen LogP contribution in [0, 0.1) is 5.82 Å². The first-order valence-corrected chi connectivity index (χ1v) is 9.11. The zero-order valence-electron chi connectivity index (χ0n) is 14.8. The molecule has 3 rings (SSSR count). The highest BCUT2D eigenvalue weighted by molar-refractivity contribution is 5.30. The van der Waals surface area contributed by atoms with E-state index in [1.807, 2.05) is 12.1 Å². The van der Waals surface area contributed by atoms with Crippen molar-refractivity contribution in [2.75, 3.05) is 6.54 Å². The van der Waals surface area contributed by atoms with E-state index in [0.717, 1.165) is 36.4 Å². The molecule has 1 aliphatic rings. The van der Waals surface area contributed by atoms with Crippen molar-refractivity contribution < 1.29 is 8.91 Å². The molecular formula is C20H27FN2O. The molecule has 2 atom stereocenters. The normalized spacial score (nSPS) is 17.2. The maximum atomic E-state index is 13.4. The van der Waals surface area contributed by atoms with E-state index in [1.54, 1.807) is 0 Å². The minimum absolute atomic E-state index is 0.0109. The number of hydrogen-bond acceptors (Lipinski definition) is 3. The van der Waals surface area contributed by atoms with Gasteiger partial charge in [0.25, 0.3) is 0 Å². The van der Waals surface area contributed by atoms with Crippen molar-refractivity contribution in [1.29, 1.82) is 0 Å². The number of aromatic nitrogens is 1. The van der Waals surface area contributed by atoms with Crippen LogP contribution in [0.25, 0.3) is 0 Å². The Balaban J connectivity index is 1.98. The van der Waals surface area contributed by atoms with Gasteiger partial charge in [-0.2, -0.15) is 0 Å². The van der Waals surface area contributed by atoms with Crippen LogP contribution >= 0.6 is 0 Å². The molecule has 1 heterocycles. The molecule has 0 saturated heterocycles. The Morgan fingerprint density at radius 1 is 1.25 bits per heavy atom. The molecule has 24 heavy (non-hydrogen) atoms. The summed E-state index contributed by atoms with van der Waals surface area (Å²) in [6, 6.07) is 9.34. The fraction of sp³-hybridized carbons (Fsp3) is 0.550. The van der Waals surface area contributed by atoms with Crippen LogP contribution in [0.1, 0.15) is 75.4 Å². The Hall–Kier alpha value is -1.68. The average molecular weight is 330 g/mol. The van der Waals surface area contributed by atoms with Crippen LogP contribution in [0.3, 0.4) is 0 Å². The Morgan fingerprint density at radius 2 is 1.96 bits per heavy atom. The highest BCUT2D eigenvalue weighted by atomic mass is 19.1. The first-order valence-electron chi connectivity index (χ1n) is 9.11. The Morgan fingerprint density at radius 3 is 2.54 bits per heavy atom. The van der Waals surface area contributed by atoms with E-state index in [-0.39, 0.29) is 11.9 Å². The first kappa shape index (κ1) is 17.2. The molecule has 0 bridgehead atoms. The molecule has 1 saturated carbocycles. The molecule has 0 N–H and O–H groups in total. The van der Waals surface area contributed by atoms with Crippen LogP contribution in [0.5, 0.6) is 0 Å². The van der Waals surface area contributed by atoms with E-state index >= 15 is 0 Å². The van der Waals surface area contributed by atoms with Crippen LogP contribution in [-0.2, 0) is 0 Å². The van der Waals surface area contributed by atoms with Gasteiger partial charge in [0.1, 0.15) is 17.3 Å². The maximum absolute atomic E-state index is 13.4. The summed E-state index contributed by atoms with van der Waals surface area (Å²) in [6.45, 7) is 7.61. The maximum Gasteiger partial charge on any atom is 0.140 e. The second-order valence-electron chi connectivity index (χ2n) is 6.88. The fourth-order valence-corrected chi connectivity index (χ4v) is 3.27. The van der Waals surface area contributed by atoms with E-state index in [1.165, 1.54) is 25.0 Å². The fourth-order valence-electron chi connectivity index (χ4n) is 3.27. The number of benzene rings is 1. The van der Waals surface area contributed by atoms with Crippen LogP contribution in [0.15, 0.2) is 34.9 Å². The van der Waals surface area contributed by atoms with Gasteiger partial charge in [-0.1, -0.05) is 31.1 Å². The van der Waals surface area contributed by atoms with E-state index < -0.39 is 0 Å². The molecule has 0 amide bonds. The Bertz CT molecular complexity index is 648. The summed E-state index contributed by atoms with van der Waals surface area (Å²) >= 11 is 0. The summed E-state index contributed by atoms with van der Waals surface area (Å²) < 4.78 is 19.0. The molecule has 1 aromatic heterocycles. The topological polar surface area (TPSA) is 29.3 Å². The lowest BCUT2D eigenvalue weighted by Crippen LogP contribution is -2.37. The van der Waals surface area contributed by atoms with Crippen LogP contribution in [0.4, 0.5) is 4.39 Å². The standard InChI is InChI=1S/C20H27FN2O/c1-4-12-23(14(3)5-2)20(16-8-10-17(21)11-9-16)18-13-19(24-22-18)15-6-7-15/h8-11,13-15,20H,4-7,12H2,1-3H3/t14-,20?/m0/s1. The molecule has 4 heteroatoms. The molecule has 2 aromatic rings. The van der Waals surface area contributed by atoms with Gasteiger partial charge in [0.15, 0.2) is 0 Å². The van der Waals surface area contributed by atoms with E-state index in [9.17, 15) is 4.39 Å². The van der Waals surface area contributed by atoms with Crippen molar-refractivity contribution >= 4 is 0 Å². The summed E-state index contributed by atoms with van der Waals surface area (Å²) in [6.07, 6.45) is 4.51. The Kier molecular flexibility index (Phi) is 5.34. The number of hydrogen-bond donors (Lipinski definition) is 0. The van der Waals surface area contributed by atoms with Crippen LogP contribution in [0.2, 0.25) is 0 Å². The third-order valence-corrected chi connectivity index (χ3v) is 4.96. The average Bonchev–Trinajstić information content (AvgIpc) is 3.34. The molecule has 130 valence electrons. The van der Waals surface area contributed by atoms with Gasteiger partial charge in [-0.25, -0.2) is 4.39 Å². The third-order valence-electron chi connectivity index (χ3n) is 4.96. The molecule has 3 nitrogen and oxygen atoms in total. The first-order chi connectivity index (χ1) is 11.6. The minimum Gasteiger partial charge on any atom is -0.361 e. The minimum atomic E-state index is -0.207. The number of halogens is 1. The lowest BCUT2D eigenvalue weighted by Gasteiger charge is -2.35. The van der Waals surface area contributed by atoms with Crippen molar-refractivity contribution in [1.82, 2.24) is 10.1 Å². The van der Waals surface area contributed by atoms with Crippen molar-refractivity contribution in [3.05, 3.63) is 53.2 Å². The monoisotopic (exact) mass is 330 g/mol. The van der Waals surface area contributed by atoms with Crippen molar-refractivity contribution in [2.45, 2.75) is 64.5 Å². The van der Waals surface area contributed by atoms with Crippen LogP contribution < -0.4 is 0 Å². The second kappa shape index (κ2) is 7.47. The molecular weight excluding hydrogens is 303 g/mol. The van der Waals surface area contributed by atoms with Crippen molar-refractivity contribution in [3.8, 4) is 0 Å². The zero-order chi connectivity index (χ0) is 17.1. The van der Waals surface area contributed by atoms with Gasteiger partial charge in [0.2, 0.25) is 0 Å².